The Labute approximate surface area is 209 Å². The molecule has 3 heterocycles. The van der Waals surface area contributed by atoms with Gasteiger partial charge in [0, 0.05) is 35.8 Å². The highest BCUT2D eigenvalue weighted by Gasteiger charge is 2.26. The minimum absolute atomic E-state index is 0.0324. The predicted molar refractivity (Wildman–Crippen MR) is 137 cm³/mol. The summed E-state index contributed by atoms with van der Waals surface area (Å²) in [6, 6.07) is 13.4. The van der Waals surface area contributed by atoms with E-state index in [1.807, 2.05) is 48.2 Å². The molecule has 0 spiro atoms. The zero-order valence-electron chi connectivity index (χ0n) is 20.8. The monoisotopic (exact) mass is 486 g/mol. The van der Waals surface area contributed by atoms with Gasteiger partial charge in [-0.3, -0.25) is 4.79 Å². The first-order valence-corrected chi connectivity index (χ1v) is 12.3. The van der Waals surface area contributed by atoms with Crippen molar-refractivity contribution in [2.24, 2.45) is 0 Å². The van der Waals surface area contributed by atoms with Crippen LogP contribution in [0, 0.1) is 6.92 Å². The van der Waals surface area contributed by atoms with Crippen LogP contribution in [0.25, 0.3) is 16.6 Å². The van der Waals surface area contributed by atoms with Gasteiger partial charge in [0.05, 0.1) is 31.3 Å². The summed E-state index contributed by atoms with van der Waals surface area (Å²) in [6.45, 7) is 5.34. The maximum Gasteiger partial charge on any atom is 0.341 e. The summed E-state index contributed by atoms with van der Waals surface area (Å²) in [5.74, 6) is 0.892. The van der Waals surface area contributed by atoms with E-state index >= 15 is 0 Å². The SMILES string of the molecule is CCOC(=O)c1cnn(-c2ccc(C(=O)N3CCC(c4c[nH]c5ccc(OC)cc45)CC3)cc2)c1C. The van der Waals surface area contributed by atoms with Gasteiger partial charge >= 0.3 is 5.97 Å². The fraction of sp³-hybridized carbons (Fsp3) is 0.321. The molecular formula is C28H30N4O4. The molecule has 2 aromatic carbocycles. The summed E-state index contributed by atoms with van der Waals surface area (Å²) in [5, 5.41) is 5.52. The fourth-order valence-electron chi connectivity index (χ4n) is 4.99. The highest BCUT2D eigenvalue weighted by atomic mass is 16.5. The second kappa shape index (κ2) is 9.89. The Morgan fingerprint density at radius 1 is 1.11 bits per heavy atom. The van der Waals surface area contributed by atoms with Crippen LogP contribution < -0.4 is 4.74 Å². The fourth-order valence-corrected chi connectivity index (χ4v) is 4.99. The van der Waals surface area contributed by atoms with Gasteiger partial charge in [-0.25, -0.2) is 9.48 Å². The van der Waals surface area contributed by atoms with E-state index in [1.165, 1.54) is 17.1 Å². The smallest absolute Gasteiger partial charge is 0.341 e. The first-order chi connectivity index (χ1) is 17.5. The zero-order chi connectivity index (χ0) is 25.2. The average molecular weight is 487 g/mol. The topological polar surface area (TPSA) is 89.5 Å². The second-order valence-corrected chi connectivity index (χ2v) is 9.04. The van der Waals surface area contributed by atoms with Crippen LogP contribution >= 0.6 is 0 Å². The number of H-pyrrole nitrogens is 1. The van der Waals surface area contributed by atoms with Gasteiger partial charge in [0.1, 0.15) is 11.3 Å². The molecule has 0 aliphatic carbocycles. The van der Waals surface area contributed by atoms with Crippen LogP contribution in [0.1, 0.15) is 57.7 Å². The standard InChI is InChI=1S/C28H30N4O4/c1-4-36-28(34)24-17-30-32(18(24)2)21-7-5-20(6-8-21)27(33)31-13-11-19(12-14-31)25-16-29-26-10-9-22(35-3)15-23(25)26/h5-10,15-17,19,29H,4,11-14H2,1-3H3. The van der Waals surface area contributed by atoms with E-state index in [1.54, 1.807) is 18.7 Å². The molecule has 1 fully saturated rings. The highest BCUT2D eigenvalue weighted by Crippen LogP contribution is 2.35. The summed E-state index contributed by atoms with van der Waals surface area (Å²) in [6.07, 6.45) is 5.43. The molecule has 0 unspecified atom stereocenters. The maximum atomic E-state index is 13.2. The molecular weight excluding hydrogens is 456 g/mol. The van der Waals surface area contributed by atoms with Gasteiger partial charge in [-0.15, -0.1) is 0 Å². The molecule has 1 saturated heterocycles. The quantitative estimate of drug-likeness (QED) is 0.393. The Morgan fingerprint density at radius 2 is 1.86 bits per heavy atom. The molecule has 5 rings (SSSR count). The summed E-state index contributed by atoms with van der Waals surface area (Å²) >= 11 is 0. The van der Waals surface area contributed by atoms with Crippen molar-refractivity contribution in [3.8, 4) is 11.4 Å². The molecule has 1 aliphatic heterocycles. The lowest BCUT2D eigenvalue weighted by Crippen LogP contribution is -2.37. The number of amides is 1. The van der Waals surface area contributed by atoms with Crippen molar-refractivity contribution in [1.82, 2.24) is 19.7 Å². The number of hydrogen-bond acceptors (Lipinski definition) is 5. The third kappa shape index (κ3) is 4.34. The molecule has 0 saturated carbocycles. The number of carbonyl (C=O) groups excluding carboxylic acids is 2. The van der Waals surface area contributed by atoms with E-state index in [0.29, 0.717) is 42.4 Å². The van der Waals surface area contributed by atoms with Crippen molar-refractivity contribution < 1.29 is 19.1 Å². The van der Waals surface area contributed by atoms with Crippen molar-refractivity contribution >= 4 is 22.8 Å². The lowest BCUT2D eigenvalue weighted by Gasteiger charge is -2.32. The molecule has 8 heteroatoms. The van der Waals surface area contributed by atoms with Gasteiger partial charge in [0.25, 0.3) is 5.91 Å². The first-order valence-electron chi connectivity index (χ1n) is 12.3. The van der Waals surface area contributed by atoms with Crippen molar-refractivity contribution in [2.75, 3.05) is 26.8 Å². The van der Waals surface area contributed by atoms with Gasteiger partial charge in [-0.1, -0.05) is 0 Å². The molecule has 36 heavy (non-hydrogen) atoms. The van der Waals surface area contributed by atoms with E-state index in [9.17, 15) is 9.59 Å². The number of nitrogens with one attached hydrogen (secondary N) is 1. The number of piperidine rings is 1. The van der Waals surface area contributed by atoms with Crippen LogP contribution in [0.15, 0.2) is 54.9 Å². The largest absolute Gasteiger partial charge is 0.497 e. The Hall–Kier alpha value is -4.07. The third-order valence-electron chi connectivity index (χ3n) is 7.01. The number of likely N-dealkylation sites (tertiary alicyclic amines) is 1. The number of aromatic nitrogens is 3. The number of benzene rings is 2. The Kier molecular flexibility index (Phi) is 6.50. The van der Waals surface area contributed by atoms with E-state index in [4.69, 9.17) is 9.47 Å². The lowest BCUT2D eigenvalue weighted by molar-refractivity contribution is 0.0525. The summed E-state index contributed by atoms with van der Waals surface area (Å²) in [7, 11) is 1.68. The van der Waals surface area contributed by atoms with E-state index < -0.39 is 0 Å². The van der Waals surface area contributed by atoms with Crippen LogP contribution in [0.2, 0.25) is 0 Å². The summed E-state index contributed by atoms with van der Waals surface area (Å²) < 4.78 is 12.2. The Bertz CT molecular complexity index is 1390. The Balaban J connectivity index is 1.25. The van der Waals surface area contributed by atoms with Crippen LogP contribution in [-0.4, -0.2) is 58.3 Å². The van der Waals surface area contributed by atoms with Crippen LogP contribution in [-0.2, 0) is 4.74 Å². The molecule has 1 amide bonds. The van der Waals surface area contributed by atoms with Crippen molar-refractivity contribution in [3.05, 3.63) is 77.2 Å². The number of aromatic amines is 1. The number of fused-ring (bicyclic) bond motifs is 1. The lowest BCUT2D eigenvalue weighted by atomic mass is 9.89. The van der Waals surface area contributed by atoms with E-state index in [2.05, 4.69) is 22.3 Å². The second-order valence-electron chi connectivity index (χ2n) is 9.04. The third-order valence-corrected chi connectivity index (χ3v) is 7.01. The van der Waals surface area contributed by atoms with Crippen LogP contribution in [0.5, 0.6) is 5.75 Å². The number of hydrogen-bond donors (Lipinski definition) is 1. The molecule has 0 atom stereocenters. The molecule has 186 valence electrons. The first kappa shape index (κ1) is 23.7. The van der Waals surface area contributed by atoms with Gasteiger partial charge < -0.3 is 19.4 Å². The molecule has 4 aromatic rings. The van der Waals surface area contributed by atoms with Gasteiger partial charge in [0.2, 0.25) is 0 Å². The highest BCUT2D eigenvalue weighted by molar-refractivity contribution is 5.94. The van der Waals surface area contributed by atoms with Gasteiger partial charge in [-0.2, -0.15) is 5.10 Å². The number of ether oxygens (including phenoxy) is 2. The minimum atomic E-state index is -0.386. The molecule has 8 nitrogen and oxygen atoms in total. The average Bonchev–Trinajstić information content (AvgIpc) is 3.51. The van der Waals surface area contributed by atoms with Crippen LogP contribution in [0.3, 0.4) is 0 Å². The van der Waals surface area contributed by atoms with Crippen LogP contribution in [0.4, 0.5) is 0 Å². The Morgan fingerprint density at radius 3 is 2.56 bits per heavy atom. The molecule has 1 aliphatic rings. The van der Waals surface area contributed by atoms with E-state index in [-0.39, 0.29) is 11.9 Å². The predicted octanol–water partition coefficient (Wildman–Crippen LogP) is 4.87. The molecule has 0 radical (unpaired) electrons. The summed E-state index contributed by atoms with van der Waals surface area (Å²) in [4.78, 5) is 30.6. The van der Waals surface area contributed by atoms with Crippen molar-refractivity contribution in [1.29, 1.82) is 0 Å². The number of esters is 1. The molecule has 1 N–H and O–H groups in total. The zero-order valence-corrected chi connectivity index (χ0v) is 20.8. The number of nitrogens with zero attached hydrogens (tertiary/aromatic N) is 3. The van der Waals surface area contributed by atoms with Crippen molar-refractivity contribution in [3.63, 3.8) is 0 Å². The molecule has 0 bridgehead atoms. The molecule has 2 aromatic heterocycles. The van der Waals surface area contributed by atoms with Gasteiger partial charge in [-0.05, 0) is 80.6 Å². The van der Waals surface area contributed by atoms with E-state index in [0.717, 1.165) is 29.8 Å². The van der Waals surface area contributed by atoms with Crippen molar-refractivity contribution in [2.45, 2.75) is 32.6 Å². The minimum Gasteiger partial charge on any atom is -0.497 e. The number of carbonyl (C=O) groups is 2. The number of rotatable bonds is 6. The maximum absolute atomic E-state index is 13.2. The summed E-state index contributed by atoms with van der Waals surface area (Å²) in [5.41, 5.74) is 4.96. The van der Waals surface area contributed by atoms with Gasteiger partial charge in [0.15, 0.2) is 0 Å². The number of methoxy groups -OCH3 is 1. The normalized spacial score (nSPS) is 14.2.